The maximum Gasteiger partial charge on any atom is 0.271 e. The second-order valence-electron chi connectivity index (χ2n) is 5.28. The molecule has 0 atom stereocenters. The van der Waals surface area contributed by atoms with E-state index in [4.69, 9.17) is 9.47 Å². The fourth-order valence-corrected chi connectivity index (χ4v) is 2.05. The fourth-order valence-electron chi connectivity index (χ4n) is 2.05. The number of hydrogen-bond donors (Lipinski definition) is 1. The third kappa shape index (κ3) is 5.91. The van der Waals surface area contributed by atoms with Crippen molar-refractivity contribution < 1.29 is 14.3 Å². The van der Waals surface area contributed by atoms with Gasteiger partial charge in [0, 0.05) is 18.0 Å². The van der Waals surface area contributed by atoms with Gasteiger partial charge in [-0.15, -0.1) is 0 Å². The first-order valence-corrected chi connectivity index (χ1v) is 8.37. The summed E-state index contributed by atoms with van der Waals surface area (Å²) in [5.41, 5.74) is 3.79. The van der Waals surface area contributed by atoms with Gasteiger partial charge in [-0.1, -0.05) is 13.3 Å². The van der Waals surface area contributed by atoms with Crippen LogP contribution in [0.1, 0.15) is 42.6 Å². The molecule has 1 heterocycles. The van der Waals surface area contributed by atoms with Gasteiger partial charge >= 0.3 is 0 Å². The van der Waals surface area contributed by atoms with Crippen LogP contribution in [0, 0.1) is 0 Å². The highest BCUT2D eigenvalue weighted by atomic mass is 16.5. The third-order valence-corrected chi connectivity index (χ3v) is 3.35. The van der Waals surface area contributed by atoms with Crippen LogP contribution in [0.15, 0.2) is 47.8 Å². The zero-order valence-corrected chi connectivity index (χ0v) is 14.6. The zero-order chi connectivity index (χ0) is 17.9. The number of benzene rings is 1. The number of ether oxygens (including phenoxy) is 2. The number of nitrogens with one attached hydrogen (secondary N) is 1. The Labute approximate surface area is 147 Å². The van der Waals surface area contributed by atoms with Gasteiger partial charge < -0.3 is 9.47 Å². The van der Waals surface area contributed by atoms with E-state index in [1.54, 1.807) is 30.7 Å². The predicted molar refractivity (Wildman–Crippen MR) is 97.3 cm³/mol. The van der Waals surface area contributed by atoms with E-state index < -0.39 is 0 Å². The van der Waals surface area contributed by atoms with E-state index in [0.29, 0.717) is 30.3 Å². The molecule has 0 aliphatic carbocycles. The van der Waals surface area contributed by atoms with E-state index in [9.17, 15) is 4.79 Å². The Bertz CT molecular complexity index is 702. The predicted octanol–water partition coefficient (Wildman–Crippen LogP) is 3.42. The lowest BCUT2D eigenvalue weighted by Gasteiger charge is -2.12. The quantitative estimate of drug-likeness (QED) is 0.431. The average molecular weight is 341 g/mol. The first-order chi connectivity index (χ1) is 12.2. The number of hydrogen-bond acceptors (Lipinski definition) is 5. The molecule has 0 saturated carbocycles. The molecule has 1 amide bonds. The topological polar surface area (TPSA) is 72.8 Å². The van der Waals surface area contributed by atoms with E-state index in [2.05, 4.69) is 22.4 Å². The maximum absolute atomic E-state index is 11.9. The zero-order valence-electron chi connectivity index (χ0n) is 14.6. The van der Waals surface area contributed by atoms with Gasteiger partial charge in [-0.25, -0.2) is 5.43 Å². The van der Waals surface area contributed by atoms with Gasteiger partial charge in [0.2, 0.25) is 0 Å². The molecule has 0 aliphatic rings. The van der Waals surface area contributed by atoms with Crippen molar-refractivity contribution in [1.82, 2.24) is 10.4 Å². The van der Waals surface area contributed by atoms with Crippen LogP contribution in [-0.4, -0.2) is 30.3 Å². The van der Waals surface area contributed by atoms with Crippen LogP contribution < -0.4 is 14.9 Å². The SMILES string of the molecule is CCCCOc1ccc(/C=N\NC(=O)c2ccncc2)cc1OCC. The van der Waals surface area contributed by atoms with Gasteiger partial charge in [-0.05, 0) is 49.2 Å². The molecule has 2 aromatic rings. The Morgan fingerprint density at radius 3 is 2.68 bits per heavy atom. The van der Waals surface area contributed by atoms with Crippen LogP contribution in [-0.2, 0) is 0 Å². The molecule has 0 unspecified atom stereocenters. The summed E-state index contributed by atoms with van der Waals surface area (Å²) in [5.74, 6) is 1.10. The van der Waals surface area contributed by atoms with Gasteiger partial charge in [0.15, 0.2) is 11.5 Å². The normalized spacial score (nSPS) is 10.6. The monoisotopic (exact) mass is 341 g/mol. The minimum atomic E-state index is -0.289. The first kappa shape index (κ1) is 18.4. The van der Waals surface area contributed by atoms with E-state index >= 15 is 0 Å². The number of aromatic nitrogens is 1. The molecule has 0 aliphatic heterocycles. The minimum Gasteiger partial charge on any atom is -0.490 e. The lowest BCUT2D eigenvalue weighted by atomic mass is 10.2. The molecule has 0 fully saturated rings. The van der Waals surface area contributed by atoms with Crippen LogP contribution in [0.2, 0.25) is 0 Å². The first-order valence-electron chi connectivity index (χ1n) is 8.37. The largest absolute Gasteiger partial charge is 0.490 e. The molecule has 2 rings (SSSR count). The highest BCUT2D eigenvalue weighted by Gasteiger charge is 2.06. The van der Waals surface area contributed by atoms with E-state index in [1.165, 1.54) is 0 Å². The van der Waals surface area contributed by atoms with Crippen LogP contribution in [0.25, 0.3) is 0 Å². The number of carbonyl (C=O) groups excluding carboxylic acids is 1. The van der Waals surface area contributed by atoms with Crippen LogP contribution in [0.3, 0.4) is 0 Å². The summed E-state index contributed by atoms with van der Waals surface area (Å²) in [4.78, 5) is 15.8. The van der Waals surface area contributed by atoms with Gasteiger partial charge in [0.1, 0.15) is 0 Å². The van der Waals surface area contributed by atoms with Crippen LogP contribution in [0.4, 0.5) is 0 Å². The van der Waals surface area contributed by atoms with E-state index in [-0.39, 0.29) is 5.91 Å². The van der Waals surface area contributed by atoms with E-state index in [0.717, 1.165) is 18.4 Å². The lowest BCUT2D eigenvalue weighted by Crippen LogP contribution is -2.17. The van der Waals surface area contributed by atoms with Crippen molar-refractivity contribution in [2.75, 3.05) is 13.2 Å². The molecule has 6 heteroatoms. The lowest BCUT2D eigenvalue weighted by molar-refractivity contribution is 0.0955. The molecule has 6 nitrogen and oxygen atoms in total. The molecule has 0 saturated heterocycles. The van der Waals surface area contributed by atoms with Gasteiger partial charge in [0.25, 0.3) is 5.91 Å². The summed E-state index contributed by atoms with van der Waals surface area (Å²) in [6.45, 7) is 5.24. The summed E-state index contributed by atoms with van der Waals surface area (Å²) in [7, 11) is 0. The summed E-state index contributed by atoms with van der Waals surface area (Å²) in [5, 5.41) is 3.98. The summed E-state index contributed by atoms with van der Waals surface area (Å²) in [6, 6.07) is 8.81. The molecule has 1 aromatic carbocycles. The molecule has 132 valence electrons. The smallest absolute Gasteiger partial charge is 0.271 e. The number of amides is 1. The molecule has 25 heavy (non-hydrogen) atoms. The molecule has 1 aromatic heterocycles. The van der Waals surface area contributed by atoms with Crippen molar-refractivity contribution in [3.8, 4) is 11.5 Å². The van der Waals surface area contributed by atoms with Gasteiger partial charge in [-0.3, -0.25) is 9.78 Å². The Balaban J connectivity index is 2.01. The average Bonchev–Trinajstić information content (AvgIpc) is 2.64. The number of unbranched alkanes of at least 4 members (excludes halogenated alkanes) is 1. The Morgan fingerprint density at radius 1 is 1.16 bits per heavy atom. The maximum atomic E-state index is 11.9. The number of nitrogens with zero attached hydrogens (tertiary/aromatic N) is 2. The van der Waals surface area contributed by atoms with Crippen molar-refractivity contribution in [2.45, 2.75) is 26.7 Å². The number of rotatable bonds is 9. The molecule has 0 radical (unpaired) electrons. The highest BCUT2D eigenvalue weighted by Crippen LogP contribution is 2.28. The minimum absolute atomic E-state index is 0.289. The number of carbonyl (C=O) groups is 1. The summed E-state index contributed by atoms with van der Waals surface area (Å²) >= 11 is 0. The summed E-state index contributed by atoms with van der Waals surface area (Å²) in [6.07, 6.45) is 6.76. The summed E-state index contributed by atoms with van der Waals surface area (Å²) < 4.78 is 11.4. The van der Waals surface area contributed by atoms with Crippen molar-refractivity contribution in [3.05, 3.63) is 53.9 Å². The molecular weight excluding hydrogens is 318 g/mol. The van der Waals surface area contributed by atoms with Crippen molar-refractivity contribution in [2.24, 2.45) is 5.10 Å². The number of hydrazone groups is 1. The molecule has 0 bridgehead atoms. The second-order valence-corrected chi connectivity index (χ2v) is 5.28. The van der Waals surface area contributed by atoms with Gasteiger partial charge in [0.05, 0.1) is 19.4 Å². The number of pyridine rings is 1. The standard InChI is InChI=1S/C19H23N3O3/c1-3-5-12-25-17-7-6-15(13-18(17)24-4-2)14-21-22-19(23)16-8-10-20-11-9-16/h6-11,13-14H,3-5,12H2,1-2H3,(H,22,23)/b21-14-. The Hall–Kier alpha value is -2.89. The van der Waals surface area contributed by atoms with Crippen molar-refractivity contribution in [1.29, 1.82) is 0 Å². The van der Waals surface area contributed by atoms with Crippen LogP contribution in [0.5, 0.6) is 11.5 Å². The molecule has 0 spiro atoms. The van der Waals surface area contributed by atoms with E-state index in [1.807, 2.05) is 25.1 Å². The Morgan fingerprint density at radius 2 is 1.96 bits per heavy atom. The fraction of sp³-hybridized carbons (Fsp3) is 0.316. The van der Waals surface area contributed by atoms with Crippen LogP contribution >= 0.6 is 0 Å². The molecule has 1 N–H and O–H groups in total. The van der Waals surface area contributed by atoms with Crippen molar-refractivity contribution in [3.63, 3.8) is 0 Å². The third-order valence-electron chi connectivity index (χ3n) is 3.35. The highest BCUT2D eigenvalue weighted by molar-refractivity contribution is 5.94. The van der Waals surface area contributed by atoms with Crippen molar-refractivity contribution >= 4 is 12.1 Å². The molecular formula is C19H23N3O3. The van der Waals surface area contributed by atoms with Gasteiger partial charge in [-0.2, -0.15) is 5.10 Å². The Kier molecular flexibility index (Phi) is 7.43. The second kappa shape index (κ2) is 10.1.